The second-order valence-corrected chi connectivity index (χ2v) is 5.19. The van der Waals surface area contributed by atoms with E-state index >= 15 is 0 Å². The molecule has 0 aliphatic heterocycles. The lowest BCUT2D eigenvalue weighted by molar-refractivity contribution is -0.161. The Morgan fingerprint density at radius 2 is 1.95 bits per heavy atom. The first-order valence-corrected chi connectivity index (χ1v) is 7.32. The van der Waals surface area contributed by atoms with E-state index < -0.39 is 18.2 Å². The zero-order valence-electron chi connectivity index (χ0n) is 12.4. The van der Waals surface area contributed by atoms with Crippen LogP contribution in [0.3, 0.4) is 0 Å². The summed E-state index contributed by atoms with van der Waals surface area (Å²) in [5.41, 5.74) is 0. The van der Waals surface area contributed by atoms with Crippen LogP contribution in [0.15, 0.2) is 30.3 Å². The molecule has 1 aromatic rings. The standard InChI is InChI=1S/C16H21NO4/c1-3-14(21-13-7-5-4-6-8-13)16(19)20-11(2)15(18)17-12-9-10-12/h4-8,11-12,14H,3,9-10H2,1-2H3,(H,17,18)/t11-,14-/m0/s1. The van der Waals surface area contributed by atoms with E-state index in [4.69, 9.17) is 9.47 Å². The Labute approximate surface area is 124 Å². The van der Waals surface area contributed by atoms with Crippen LogP contribution in [0.2, 0.25) is 0 Å². The molecular formula is C16H21NO4. The zero-order chi connectivity index (χ0) is 15.2. The van der Waals surface area contributed by atoms with Gasteiger partial charge in [0.05, 0.1) is 0 Å². The van der Waals surface area contributed by atoms with Crippen molar-refractivity contribution in [2.24, 2.45) is 0 Å². The number of hydrogen-bond donors (Lipinski definition) is 1. The summed E-state index contributed by atoms with van der Waals surface area (Å²) in [6, 6.07) is 9.34. The van der Waals surface area contributed by atoms with Crippen LogP contribution in [0, 0.1) is 0 Å². The first kappa shape index (κ1) is 15.4. The number of benzene rings is 1. The van der Waals surface area contributed by atoms with Gasteiger partial charge < -0.3 is 14.8 Å². The van der Waals surface area contributed by atoms with Gasteiger partial charge in [0, 0.05) is 6.04 Å². The van der Waals surface area contributed by atoms with Crippen molar-refractivity contribution >= 4 is 11.9 Å². The van der Waals surface area contributed by atoms with E-state index in [-0.39, 0.29) is 11.9 Å². The van der Waals surface area contributed by atoms with Gasteiger partial charge in [-0.3, -0.25) is 4.79 Å². The van der Waals surface area contributed by atoms with Crippen molar-refractivity contribution in [1.82, 2.24) is 5.32 Å². The number of nitrogens with one attached hydrogen (secondary N) is 1. The van der Waals surface area contributed by atoms with Crippen LogP contribution in [0.1, 0.15) is 33.1 Å². The molecule has 0 saturated heterocycles. The number of ether oxygens (including phenoxy) is 2. The van der Waals surface area contributed by atoms with E-state index in [1.807, 2.05) is 25.1 Å². The maximum absolute atomic E-state index is 12.1. The fraction of sp³-hybridized carbons (Fsp3) is 0.500. The molecule has 0 unspecified atom stereocenters. The summed E-state index contributed by atoms with van der Waals surface area (Å²) >= 11 is 0. The summed E-state index contributed by atoms with van der Waals surface area (Å²) in [7, 11) is 0. The van der Waals surface area contributed by atoms with E-state index in [1.54, 1.807) is 19.1 Å². The van der Waals surface area contributed by atoms with Crippen LogP contribution in [-0.2, 0) is 14.3 Å². The van der Waals surface area contributed by atoms with Gasteiger partial charge in [-0.1, -0.05) is 25.1 Å². The van der Waals surface area contributed by atoms with E-state index in [0.29, 0.717) is 12.2 Å². The molecule has 1 amide bonds. The summed E-state index contributed by atoms with van der Waals surface area (Å²) in [6.07, 6.45) is 0.975. The highest BCUT2D eigenvalue weighted by Gasteiger charge is 2.29. The van der Waals surface area contributed by atoms with Gasteiger partial charge in [0.25, 0.3) is 5.91 Å². The van der Waals surface area contributed by atoms with Crippen molar-refractivity contribution in [3.05, 3.63) is 30.3 Å². The first-order valence-electron chi connectivity index (χ1n) is 7.32. The molecule has 0 heterocycles. The van der Waals surface area contributed by atoms with Crippen LogP contribution in [0.4, 0.5) is 0 Å². The Hall–Kier alpha value is -2.04. The van der Waals surface area contributed by atoms with Crippen LogP contribution in [0.5, 0.6) is 5.75 Å². The SMILES string of the molecule is CC[C@H](Oc1ccccc1)C(=O)O[C@@H](C)C(=O)NC1CC1. The first-order chi connectivity index (χ1) is 10.1. The van der Waals surface area contributed by atoms with Crippen LogP contribution < -0.4 is 10.1 Å². The van der Waals surface area contributed by atoms with Crippen molar-refractivity contribution < 1.29 is 19.1 Å². The Morgan fingerprint density at radius 3 is 2.52 bits per heavy atom. The Morgan fingerprint density at radius 1 is 1.29 bits per heavy atom. The predicted molar refractivity (Wildman–Crippen MR) is 77.9 cm³/mol. The fourth-order valence-electron chi connectivity index (χ4n) is 1.81. The molecule has 21 heavy (non-hydrogen) atoms. The smallest absolute Gasteiger partial charge is 0.348 e. The molecular weight excluding hydrogens is 270 g/mol. The second-order valence-electron chi connectivity index (χ2n) is 5.19. The monoisotopic (exact) mass is 291 g/mol. The van der Waals surface area contributed by atoms with Crippen molar-refractivity contribution in [2.75, 3.05) is 0 Å². The van der Waals surface area contributed by atoms with Gasteiger partial charge in [-0.2, -0.15) is 0 Å². The van der Waals surface area contributed by atoms with Gasteiger partial charge >= 0.3 is 5.97 Å². The molecule has 5 nitrogen and oxygen atoms in total. The summed E-state index contributed by atoms with van der Waals surface area (Å²) in [5, 5.41) is 2.81. The van der Waals surface area contributed by atoms with E-state index in [1.165, 1.54) is 0 Å². The van der Waals surface area contributed by atoms with Gasteiger partial charge in [-0.15, -0.1) is 0 Å². The van der Waals surface area contributed by atoms with Crippen molar-refractivity contribution in [3.63, 3.8) is 0 Å². The molecule has 1 aliphatic carbocycles. The molecule has 1 aromatic carbocycles. The molecule has 114 valence electrons. The molecule has 1 saturated carbocycles. The lowest BCUT2D eigenvalue weighted by Crippen LogP contribution is -2.40. The van der Waals surface area contributed by atoms with Gasteiger partial charge in [0.2, 0.25) is 0 Å². The molecule has 1 N–H and O–H groups in total. The number of esters is 1. The summed E-state index contributed by atoms with van der Waals surface area (Å²) in [6.45, 7) is 3.41. The fourth-order valence-corrected chi connectivity index (χ4v) is 1.81. The lowest BCUT2D eigenvalue weighted by Gasteiger charge is -2.19. The minimum absolute atomic E-state index is 0.250. The Balaban J connectivity index is 1.85. The van der Waals surface area contributed by atoms with Crippen molar-refractivity contribution in [3.8, 4) is 5.75 Å². The highest BCUT2D eigenvalue weighted by molar-refractivity contribution is 5.85. The minimum Gasteiger partial charge on any atom is -0.479 e. The average Bonchev–Trinajstić information content (AvgIpc) is 3.29. The predicted octanol–water partition coefficient (Wildman–Crippen LogP) is 2.05. The van der Waals surface area contributed by atoms with Crippen molar-refractivity contribution in [1.29, 1.82) is 0 Å². The number of carbonyl (C=O) groups is 2. The zero-order valence-corrected chi connectivity index (χ0v) is 12.4. The third-order valence-electron chi connectivity index (χ3n) is 3.24. The van der Waals surface area contributed by atoms with Crippen molar-refractivity contribution in [2.45, 2.75) is 51.4 Å². The lowest BCUT2D eigenvalue weighted by atomic mass is 10.2. The van der Waals surface area contributed by atoms with E-state index in [0.717, 1.165) is 12.8 Å². The van der Waals surface area contributed by atoms with Gasteiger partial charge in [-0.25, -0.2) is 4.79 Å². The number of rotatable bonds is 7. The molecule has 0 bridgehead atoms. The summed E-state index contributed by atoms with van der Waals surface area (Å²) in [4.78, 5) is 23.8. The molecule has 0 spiro atoms. The highest BCUT2D eigenvalue weighted by atomic mass is 16.6. The highest BCUT2D eigenvalue weighted by Crippen LogP contribution is 2.19. The topological polar surface area (TPSA) is 64.6 Å². The molecule has 5 heteroatoms. The third-order valence-corrected chi connectivity index (χ3v) is 3.24. The molecule has 1 aliphatic rings. The minimum atomic E-state index is -0.800. The van der Waals surface area contributed by atoms with Crippen LogP contribution >= 0.6 is 0 Å². The Bertz CT molecular complexity index is 484. The van der Waals surface area contributed by atoms with E-state index in [9.17, 15) is 9.59 Å². The maximum Gasteiger partial charge on any atom is 0.348 e. The third kappa shape index (κ3) is 4.77. The second kappa shape index (κ2) is 7.11. The average molecular weight is 291 g/mol. The molecule has 2 rings (SSSR count). The molecule has 1 fully saturated rings. The summed E-state index contributed by atoms with van der Waals surface area (Å²) < 4.78 is 10.8. The van der Waals surface area contributed by atoms with Crippen LogP contribution in [0.25, 0.3) is 0 Å². The molecule has 0 radical (unpaired) electrons. The normalized spacial score (nSPS) is 16.7. The van der Waals surface area contributed by atoms with E-state index in [2.05, 4.69) is 5.32 Å². The van der Waals surface area contributed by atoms with Crippen LogP contribution in [-0.4, -0.2) is 30.1 Å². The largest absolute Gasteiger partial charge is 0.479 e. The molecule has 2 atom stereocenters. The van der Waals surface area contributed by atoms with Gasteiger partial charge in [-0.05, 0) is 38.3 Å². The summed E-state index contributed by atoms with van der Waals surface area (Å²) in [5.74, 6) is -0.156. The molecule has 0 aromatic heterocycles. The number of carbonyl (C=O) groups excluding carboxylic acids is 2. The van der Waals surface area contributed by atoms with Gasteiger partial charge in [0.15, 0.2) is 12.2 Å². The quantitative estimate of drug-likeness (QED) is 0.781. The van der Waals surface area contributed by atoms with Gasteiger partial charge in [0.1, 0.15) is 5.75 Å². The Kier molecular flexibility index (Phi) is 5.20. The maximum atomic E-state index is 12.1. The number of amides is 1. The number of hydrogen-bond acceptors (Lipinski definition) is 4. The number of para-hydroxylation sites is 1.